The summed E-state index contributed by atoms with van der Waals surface area (Å²) in [5.41, 5.74) is 2.90. The molecule has 0 aliphatic carbocycles. The van der Waals surface area contributed by atoms with E-state index in [2.05, 4.69) is 10.3 Å². The normalized spacial score (nSPS) is 12.4. The summed E-state index contributed by atoms with van der Waals surface area (Å²) in [5.74, 6) is 0. The number of hydrogen-bond acceptors (Lipinski definition) is 10. The minimum absolute atomic E-state index is 0.0518. The van der Waals surface area contributed by atoms with Crippen molar-refractivity contribution in [2.45, 2.75) is 6.42 Å². The van der Waals surface area contributed by atoms with E-state index < -0.39 is 25.9 Å². The fourth-order valence-electron chi connectivity index (χ4n) is 3.04. The lowest BCUT2D eigenvalue weighted by Gasteiger charge is -2.13. The number of nitrogens with zero attached hydrogens (tertiary/aromatic N) is 1. The van der Waals surface area contributed by atoms with Gasteiger partial charge in [-0.3, -0.25) is 13.4 Å². The standard InChI is InChI=1S/C22H24N2O8S2/c1-33(26,27)30-11-9-17-13-16(3-6-20(17)23-10-12-31-34(2,28)29)15-24-19-5-7-21-18(14-19)4-8-22(25)32-21/h3-8,13-15,23H,9-12H2,1-2H3. The van der Waals surface area contributed by atoms with Crippen LogP contribution in [0.3, 0.4) is 0 Å². The molecule has 0 bridgehead atoms. The van der Waals surface area contributed by atoms with Crippen LogP contribution in [0.1, 0.15) is 11.1 Å². The van der Waals surface area contributed by atoms with Crippen LogP contribution in [0, 0.1) is 0 Å². The monoisotopic (exact) mass is 508 g/mol. The van der Waals surface area contributed by atoms with E-state index in [0.29, 0.717) is 23.4 Å². The smallest absolute Gasteiger partial charge is 0.336 e. The maximum absolute atomic E-state index is 11.3. The largest absolute Gasteiger partial charge is 0.423 e. The van der Waals surface area contributed by atoms with Gasteiger partial charge >= 0.3 is 5.63 Å². The minimum Gasteiger partial charge on any atom is -0.423 e. The van der Waals surface area contributed by atoms with Gasteiger partial charge in [-0.2, -0.15) is 16.8 Å². The lowest BCUT2D eigenvalue weighted by atomic mass is 10.1. The second-order valence-electron chi connectivity index (χ2n) is 7.38. The van der Waals surface area contributed by atoms with Gasteiger partial charge in [-0.1, -0.05) is 6.07 Å². The fourth-order valence-corrected chi connectivity index (χ4v) is 3.82. The average Bonchev–Trinajstić information content (AvgIpc) is 2.74. The first-order valence-electron chi connectivity index (χ1n) is 10.1. The van der Waals surface area contributed by atoms with Gasteiger partial charge in [-0.25, -0.2) is 4.79 Å². The van der Waals surface area contributed by atoms with Gasteiger partial charge in [0.2, 0.25) is 0 Å². The highest BCUT2D eigenvalue weighted by atomic mass is 32.2. The zero-order chi connectivity index (χ0) is 24.8. The molecule has 0 spiro atoms. The van der Waals surface area contributed by atoms with E-state index in [0.717, 1.165) is 29.0 Å². The highest BCUT2D eigenvalue weighted by molar-refractivity contribution is 7.86. The molecule has 3 aromatic rings. The highest BCUT2D eigenvalue weighted by Crippen LogP contribution is 2.21. The molecule has 0 aliphatic rings. The zero-order valence-corrected chi connectivity index (χ0v) is 20.2. The average molecular weight is 509 g/mol. The number of hydrogen-bond donors (Lipinski definition) is 1. The van der Waals surface area contributed by atoms with Crippen molar-refractivity contribution in [3.63, 3.8) is 0 Å². The summed E-state index contributed by atoms with van der Waals surface area (Å²) in [6.45, 7) is 0.126. The Hall–Kier alpha value is -3.06. The van der Waals surface area contributed by atoms with Gasteiger partial charge in [0.1, 0.15) is 5.58 Å². The lowest BCUT2D eigenvalue weighted by Crippen LogP contribution is -2.14. The van der Waals surface area contributed by atoms with Crippen LogP contribution in [0.2, 0.25) is 0 Å². The first-order valence-corrected chi connectivity index (χ1v) is 13.8. The zero-order valence-electron chi connectivity index (χ0n) is 18.6. The van der Waals surface area contributed by atoms with Crippen molar-refractivity contribution in [2.75, 3.05) is 37.6 Å². The molecule has 0 unspecified atom stereocenters. The molecule has 3 rings (SSSR count). The number of nitrogens with one attached hydrogen (secondary N) is 1. The molecule has 1 N–H and O–H groups in total. The first-order chi connectivity index (χ1) is 16.0. The Bertz CT molecular complexity index is 1460. The van der Waals surface area contributed by atoms with Gasteiger partial charge in [0.15, 0.2) is 0 Å². The van der Waals surface area contributed by atoms with Crippen LogP contribution in [-0.4, -0.2) is 55.3 Å². The Morgan fingerprint density at radius 3 is 2.41 bits per heavy atom. The molecule has 0 saturated carbocycles. The quantitative estimate of drug-likeness (QED) is 0.179. The maximum atomic E-state index is 11.3. The van der Waals surface area contributed by atoms with Crippen LogP contribution in [0.15, 0.2) is 62.7 Å². The second-order valence-corrected chi connectivity index (χ2v) is 10.7. The summed E-state index contributed by atoms with van der Waals surface area (Å²) in [6, 6.07) is 13.6. The number of rotatable bonds is 11. The molecule has 0 saturated heterocycles. The topological polar surface area (TPSA) is 141 Å². The molecule has 1 heterocycles. The lowest BCUT2D eigenvalue weighted by molar-refractivity contribution is 0.326. The Balaban J connectivity index is 1.77. The molecule has 182 valence electrons. The van der Waals surface area contributed by atoms with Crippen molar-refractivity contribution in [3.8, 4) is 0 Å². The van der Waals surface area contributed by atoms with Crippen LogP contribution < -0.4 is 10.9 Å². The number of anilines is 1. The maximum Gasteiger partial charge on any atom is 0.336 e. The Morgan fingerprint density at radius 1 is 0.941 bits per heavy atom. The molecule has 10 nitrogen and oxygen atoms in total. The number of benzene rings is 2. The molecule has 0 aliphatic heterocycles. The third-order valence-corrected chi connectivity index (χ3v) is 5.67. The highest BCUT2D eigenvalue weighted by Gasteiger charge is 2.08. The van der Waals surface area contributed by atoms with E-state index in [-0.39, 0.29) is 19.8 Å². The van der Waals surface area contributed by atoms with Crippen LogP contribution in [0.5, 0.6) is 0 Å². The molecule has 0 atom stereocenters. The molecule has 0 radical (unpaired) electrons. The molecule has 2 aromatic carbocycles. The van der Waals surface area contributed by atoms with Gasteiger partial charge in [0.25, 0.3) is 20.2 Å². The van der Waals surface area contributed by atoms with Gasteiger partial charge in [-0.05, 0) is 53.9 Å². The van der Waals surface area contributed by atoms with E-state index in [1.54, 1.807) is 36.5 Å². The van der Waals surface area contributed by atoms with Crippen LogP contribution in [0.4, 0.5) is 11.4 Å². The van der Waals surface area contributed by atoms with E-state index in [9.17, 15) is 21.6 Å². The summed E-state index contributed by atoms with van der Waals surface area (Å²) >= 11 is 0. The van der Waals surface area contributed by atoms with Crippen LogP contribution >= 0.6 is 0 Å². The van der Waals surface area contributed by atoms with E-state index in [1.807, 2.05) is 12.1 Å². The second kappa shape index (κ2) is 10.9. The number of aliphatic imine (C=N–C) groups is 1. The van der Waals surface area contributed by atoms with Crippen LogP contribution in [-0.2, 0) is 35.0 Å². The van der Waals surface area contributed by atoms with Crippen molar-refractivity contribution in [1.82, 2.24) is 0 Å². The summed E-state index contributed by atoms with van der Waals surface area (Å²) in [5, 5.41) is 3.82. The van der Waals surface area contributed by atoms with E-state index in [4.69, 9.17) is 12.8 Å². The third kappa shape index (κ3) is 8.37. The molecule has 1 aromatic heterocycles. The summed E-state index contributed by atoms with van der Waals surface area (Å²) < 4.78 is 59.5. The summed E-state index contributed by atoms with van der Waals surface area (Å²) in [4.78, 5) is 15.8. The molecule has 12 heteroatoms. The molecular formula is C22H24N2O8S2. The van der Waals surface area contributed by atoms with Gasteiger partial charge in [0, 0.05) is 29.9 Å². The molecule has 0 fully saturated rings. The Morgan fingerprint density at radius 2 is 1.68 bits per heavy atom. The molecule has 34 heavy (non-hydrogen) atoms. The van der Waals surface area contributed by atoms with Crippen molar-refractivity contribution in [1.29, 1.82) is 0 Å². The minimum atomic E-state index is -3.58. The summed E-state index contributed by atoms with van der Waals surface area (Å²) in [7, 11) is -7.12. The predicted molar refractivity (Wildman–Crippen MR) is 130 cm³/mol. The Kier molecular flexibility index (Phi) is 8.20. The SMILES string of the molecule is CS(=O)(=O)OCCNc1ccc(C=Nc2ccc3oc(=O)ccc3c2)cc1CCOS(C)(=O)=O. The predicted octanol–water partition coefficient (Wildman–Crippen LogP) is 2.45. The van der Waals surface area contributed by atoms with E-state index >= 15 is 0 Å². The van der Waals surface area contributed by atoms with Crippen molar-refractivity contribution < 1.29 is 29.6 Å². The van der Waals surface area contributed by atoms with Crippen molar-refractivity contribution >= 4 is 48.8 Å². The molecular weight excluding hydrogens is 484 g/mol. The van der Waals surface area contributed by atoms with Crippen molar-refractivity contribution in [3.05, 3.63) is 70.1 Å². The number of fused-ring (bicyclic) bond motifs is 1. The Labute approximate surface area is 197 Å². The fraction of sp³-hybridized carbons (Fsp3) is 0.273. The first kappa shape index (κ1) is 25.6. The van der Waals surface area contributed by atoms with Crippen molar-refractivity contribution in [2.24, 2.45) is 4.99 Å². The summed E-state index contributed by atoms with van der Waals surface area (Å²) in [6.07, 6.45) is 3.89. The van der Waals surface area contributed by atoms with Gasteiger partial charge in [-0.15, -0.1) is 0 Å². The van der Waals surface area contributed by atoms with Gasteiger partial charge in [0.05, 0.1) is 31.4 Å². The van der Waals surface area contributed by atoms with Crippen LogP contribution in [0.25, 0.3) is 11.0 Å². The third-order valence-electron chi connectivity index (χ3n) is 4.48. The van der Waals surface area contributed by atoms with E-state index in [1.165, 1.54) is 6.07 Å². The molecule has 0 amide bonds. The van der Waals surface area contributed by atoms with Gasteiger partial charge < -0.3 is 9.73 Å².